The van der Waals surface area contributed by atoms with Crippen LogP contribution < -0.4 is 20.1 Å². The van der Waals surface area contributed by atoms with E-state index in [0.29, 0.717) is 23.6 Å². The molecule has 0 spiro atoms. The van der Waals surface area contributed by atoms with Gasteiger partial charge in [-0.3, -0.25) is 9.59 Å². The zero-order valence-corrected chi connectivity index (χ0v) is 16.2. The molecule has 2 aromatic rings. The molecule has 10 heteroatoms. The highest BCUT2D eigenvalue weighted by molar-refractivity contribution is 7.99. The van der Waals surface area contributed by atoms with Gasteiger partial charge in [-0.15, -0.1) is 10.2 Å². The third kappa shape index (κ3) is 6.17. The number of nitrogens with one attached hydrogen (secondary N) is 2. The molecular weight excluding hydrogens is 372 g/mol. The predicted molar refractivity (Wildman–Crippen MR) is 99.9 cm³/mol. The molecular formula is C17H22N4O5S. The number of thioether (sulfide) groups is 1. The van der Waals surface area contributed by atoms with Crippen molar-refractivity contribution in [1.29, 1.82) is 0 Å². The quantitative estimate of drug-likeness (QED) is 0.582. The van der Waals surface area contributed by atoms with E-state index in [1.807, 2.05) is 6.92 Å². The Morgan fingerprint density at radius 1 is 1.15 bits per heavy atom. The van der Waals surface area contributed by atoms with Crippen molar-refractivity contribution in [2.45, 2.75) is 18.6 Å². The summed E-state index contributed by atoms with van der Waals surface area (Å²) in [7, 11) is 3.10. The molecule has 0 atom stereocenters. The molecule has 0 bridgehead atoms. The monoisotopic (exact) mass is 394 g/mol. The Bertz CT molecular complexity index is 780. The third-order valence-corrected chi connectivity index (χ3v) is 4.21. The van der Waals surface area contributed by atoms with Crippen LogP contribution in [0.3, 0.4) is 0 Å². The summed E-state index contributed by atoms with van der Waals surface area (Å²) < 4.78 is 16.0. The number of amides is 2. The van der Waals surface area contributed by atoms with Crippen molar-refractivity contribution in [3.05, 3.63) is 18.2 Å². The van der Waals surface area contributed by atoms with Crippen LogP contribution >= 0.6 is 11.8 Å². The standard InChI is InChI=1S/C17H22N4O5S/c1-4-7-18-14(22)9-19-15(23)10-27-17-21-20-16(26-17)12-6-5-11(24-2)8-13(12)25-3/h5-6,8H,4,7,9-10H2,1-3H3,(H,18,22)(H,19,23). The molecule has 2 rings (SSSR count). The Morgan fingerprint density at radius 2 is 1.96 bits per heavy atom. The summed E-state index contributed by atoms with van der Waals surface area (Å²) in [5.74, 6) is 0.990. The van der Waals surface area contributed by atoms with E-state index >= 15 is 0 Å². The lowest BCUT2D eigenvalue weighted by molar-refractivity contribution is -0.124. The first kappa shape index (κ1) is 20.6. The van der Waals surface area contributed by atoms with E-state index in [4.69, 9.17) is 13.9 Å². The highest BCUT2D eigenvalue weighted by Crippen LogP contribution is 2.33. The van der Waals surface area contributed by atoms with Crippen LogP contribution in [0, 0.1) is 0 Å². The largest absolute Gasteiger partial charge is 0.497 e. The second-order valence-electron chi connectivity index (χ2n) is 5.35. The second-order valence-corrected chi connectivity index (χ2v) is 6.28. The van der Waals surface area contributed by atoms with Crippen molar-refractivity contribution < 1.29 is 23.5 Å². The Labute approximate surface area is 161 Å². The lowest BCUT2D eigenvalue weighted by atomic mass is 10.2. The van der Waals surface area contributed by atoms with E-state index in [9.17, 15) is 9.59 Å². The minimum atomic E-state index is -0.298. The van der Waals surface area contributed by atoms with Gasteiger partial charge in [-0.05, 0) is 18.6 Å². The maximum absolute atomic E-state index is 11.8. The number of nitrogens with zero attached hydrogens (tertiary/aromatic N) is 2. The summed E-state index contributed by atoms with van der Waals surface area (Å²) in [4.78, 5) is 23.3. The van der Waals surface area contributed by atoms with Crippen LogP contribution in [0.5, 0.6) is 11.5 Å². The SMILES string of the molecule is CCCNC(=O)CNC(=O)CSc1nnc(-c2ccc(OC)cc2OC)o1. The molecule has 1 aromatic heterocycles. The van der Waals surface area contributed by atoms with Gasteiger partial charge in [0.1, 0.15) is 11.5 Å². The Hall–Kier alpha value is -2.75. The van der Waals surface area contributed by atoms with Gasteiger partial charge >= 0.3 is 0 Å². The molecule has 0 aliphatic carbocycles. The smallest absolute Gasteiger partial charge is 0.277 e. The second kappa shape index (κ2) is 10.4. The van der Waals surface area contributed by atoms with Gasteiger partial charge < -0.3 is 24.5 Å². The Balaban J connectivity index is 1.89. The van der Waals surface area contributed by atoms with Crippen molar-refractivity contribution in [2.75, 3.05) is 33.1 Å². The predicted octanol–water partition coefficient (Wildman–Crippen LogP) is 1.49. The maximum atomic E-state index is 11.8. The maximum Gasteiger partial charge on any atom is 0.277 e. The van der Waals surface area contributed by atoms with E-state index in [0.717, 1.165) is 18.2 Å². The zero-order valence-electron chi connectivity index (χ0n) is 15.4. The summed E-state index contributed by atoms with van der Waals surface area (Å²) >= 11 is 1.09. The molecule has 0 saturated carbocycles. The van der Waals surface area contributed by atoms with Gasteiger partial charge in [0.05, 0.1) is 32.1 Å². The first-order valence-electron chi connectivity index (χ1n) is 8.29. The Morgan fingerprint density at radius 3 is 2.67 bits per heavy atom. The molecule has 1 aromatic carbocycles. The molecule has 0 aliphatic heterocycles. The van der Waals surface area contributed by atoms with Gasteiger partial charge in [-0.25, -0.2) is 0 Å². The normalized spacial score (nSPS) is 10.3. The van der Waals surface area contributed by atoms with Crippen LogP contribution in [0.1, 0.15) is 13.3 Å². The molecule has 2 N–H and O–H groups in total. The van der Waals surface area contributed by atoms with Crippen LogP contribution in [0.15, 0.2) is 27.8 Å². The number of hydrogen-bond donors (Lipinski definition) is 2. The van der Waals surface area contributed by atoms with E-state index in [-0.39, 0.29) is 35.2 Å². The first-order chi connectivity index (χ1) is 13.1. The highest BCUT2D eigenvalue weighted by atomic mass is 32.2. The number of carbonyl (C=O) groups excluding carboxylic acids is 2. The number of carbonyl (C=O) groups is 2. The lowest BCUT2D eigenvalue weighted by Crippen LogP contribution is -2.37. The van der Waals surface area contributed by atoms with Gasteiger partial charge in [0.15, 0.2) is 0 Å². The molecule has 2 amide bonds. The molecule has 27 heavy (non-hydrogen) atoms. The van der Waals surface area contributed by atoms with Crippen LogP contribution in [0.2, 0.25) is 0 Å². The molecule has 0 aliphatic rings. The number of benzene rings is 1. The summed E-state index contributed by atoms with van der Waals surface area (Å²) in [5.41, 5.74) is 0.620. The third-order valence-electron chi connectivity index (χ3n) is 3.39. The lowest BCUT2D eigenvalue weighted by Gasteiger charge is -2.07. The summed E-state index contributed by atoms with van der Waals surface area (Å²) in [6.45, 7) is 2.48. The van der Waals surface area contributed by atoms with Crippen LogP contribution in [-0.4, -0.2) is 55.1 Å². The van der Waals surface area contributed by atoms with Crippen LogP contribution in [0.25, 0.3) is 11.5 Å². The average Bonchev–Trinajstić information content (AvgIpc) is 3.17. The summed E-state index contributed by atoms with van der Waals surface area (Å²) in [6.07, 6.45) is 0.841. The fourth-order valence-corrected chi connectivity index (χ4v) is 2.63. The number of methoxy groups -OCH3 is 2. The van der Waals surface area contributed by atoms with E-state index in [2.05, 4.69) is 20.8 Å². The minimum absolute atomic E-state index is 0.0580. The van der Waals surface area contributed by atoms with E-state index in [1.54, 1.807) is 25.3 Å². The fraction of sp³-hybridized carbons (Fsp3) is 0.412. The summed E-state index contributed by atoms with van der Waals surface area (Å²) in [6, 6.07) is 5.22. The molecule has 0 radical (unpaired) electrons. The topological polar surface area (TPSA) is 116 Å². The van der Waals surface area contributed by atoms with E-state index < -0.39 is 0 Å². The molecule has 1 heterocycles. The van der Waals surface area contributed by atoms with Crippen molar-refractivity contribution in [2.24, 2.45) is 0 Å². The number of aromatic nitrogens is 2. The van der Waals surface area contributed by atoms with Crippen molar-refractivity contribution in [3.63, 3.8) is 0 Å². The first-order valence-corrected chi connectivity index (χ1v) is 9.28. The van der Waals surface area contributed by atoms with Gasteiger partial charge in [0, 0.05) is 12.6 Å². The average molecular weight is 394 g/mol. The number of hydrogen-bond acceptors (Lipinski definition) is 8. The van der Waals surface area contributed by atoms with Gasteiger partial charge in [-0.1, -0.05) is 18.7 Å². The minimum Gasteiger partial charge on any atom is -0.497 e. The van der Waals surface area contributed by atoms with Crippen molar-refractivity contribution >= 4 is 23.6 Å². The Kier molecular flexibility index (Phi) is 7.93. The van der Waals surface area contributed by atoms with E-state index in [1.165, 1.54) is 7.11 Å². The molecule has 0 saturated heterocycles. The highest BCUT2D eigenvalue weighted by Gasteiger charge is 2.16. The fourth-order valence-electron chi connectivity index (χ4n) is 2.04. The summed E-state index contributed by atoms with van der Waals surface area (Å²) in [5, 5.41) is 13.4. The number of ether oxygens (including phenoxy) is 2. The van der Waals surface area contributed by atoms with Crippen molar-refractivity contribution in [3.8, 4) is 23.0 Å². The van der Waals surface area contributed by atoms with Gasteiger partial charge in [0.25, 0.3) is 11.1 Å². The zero-order chi connectivity index (χ0) is 19.6. The van der Waals surface area contributed by atoms with Crippen LogP contribution in [0.4, 0.5) is 0 Å². The van der Waals surface area contributed by atoms with Gasteiger partial charge in [-0.2, -0.15) is 0 Å². The molecule has 0 unspecified atom stereocenters. The molecule has 9 nitrogen and oxygen atoms in total. The molecule has 146 valence electrons. The van der Waals surface area contributed by atoms with Gasteiger partial charge in [0.2, 0.25) is 11.8 Å². The van der Waals surface area contributed by atoms with Crippen LogP contribution in [-0.2, 0) is 9.59 Å². The molecule has 0 fully saturated rings. The number of rotatable bonds is 10. The van der Waals surface area contributed by atoms with Crippen molar-refractivity contribution in [1.82, 2.24) is 20.8 Å².